The summed E-state index contributed by atoms with van der Waals surface area (Å²) in [6.07, 6.45) is 7.17. The van der Waals surface area contributed by atoms with E-state index in [9.17, 15) is 0 Å². The van der Waals surface area contributed by atoms with Crippen LogP contribution in [-0.4, -0.2) is 26.6 Å². The number of nitrogens with zero attached hydrogens (tertiary/aromatic N) is 3. The zero-order valence-electron chi connectivity index (χ0n) is 13.6. The number of hydrogen-bond donors (Lipinski definition) is 3. The number of nitrogens with one attached hydrogen (secondary N) is 3. The molecule has 3 aromatic rings. The minimum Gasteiger partial charge on any atom is -0.363 e. The van der Waals surface area contributed by atoms with Crippen molar-refractivity contribution >= 4 is 45.8 Å². The van der Waals surface area contributed by atoms with E-state index in [0.717, 1.165) is 17.8 Å². The van der Waals surface area contributed by atoms with Gasteiger partial charge in [0.1, 0.15) is 11.3 Å². The molecule has 3 rings (SSSR count). The van der Waals surface area contributed by atoms with Gasteiger partial charge in [-0.3, -0.25) is 0 Å². The quantitative estimate of drug-likeness (QED) is 0.494. The molecule has 0 aliphatic heterocycles. The Morgan fingerprint density at radius 2 is 1.96 bits per heavy atom. The first-order chi connectivity index (χ1) is 12.2. The molecule has 0 atom stereocenters. The van der Waals surface area contributed by atoms with E-state index in [1.54, 1.807) is 12.3 Å². The maximum absolute atomic E-state index is 5.52. The largest absolute Gasteiger partial charge is 0.363 e. The van der Waals surface area contributed by atoms with E-state index in [0.29, 0.717) is 27.9 Å². The molecule has 0 radical (unpaired) electrons. The maximum atomic E-state index is 5.52. The number of para-hydroxylation sites is 1. The van der Waals surface area contributed by atoms with Crippen LogP contribution >= 0.6 is 12.2 Å². The monoisotopic (exact) mass is 348 g/mol. The van der Waals surface area contributed by atoms with Gasteiger partial charge in [0, 0.05) is 12.1 Å². The molecule has 0 unspecified atom stereocenters. The van der Waals surface area contributed by atoms with Gasteiger partial charge in [-0.05, 0) is 43.4 Å². The molecule has 124 valence electrons. The zero-order valence-corrected chi connectivity index (χ0v) is 14.4. The van der Waals surface area contributed by atoms with Crippen LogP contribution in [0.5, 0.6) is 0 Å². The van der Waals surface area contributed by atoms with Crippen molar-refractivity contribution in [3.05, 3.63) is 48.2 Å². The van der Waals surface area contributed by atoms with Crippen LogP contribution in [-0.2, 0) is 0 Å². The van der Waals surface area contributed by atoms with E-state index >= 15 is 0 Å². The fourth-order valence-electron chi connectivity index (χ4n) is 2.20. The number of terminal acetylenes is 1. The molecular weight excluding hydrogens is 332 g/mol. The van der Waals surface area contributed by atoms with Gasteiger partial charge in [-0.25, -0.2) is 15.0 Å². The summed E-state index contributed by atoms with van der Waals surface area (Å²) in [5.41, 5.74) is 2.74. The topological polar surface area (TPSA) is 74.8 Å². The lowest BCUT2D eigenvalue weighted by Crippen LogP contribution is -2.28. The van der Waals surface area contributed by atoms with Gasteiger partial charge in [-0.15, -0.1) is 6.42 Å². The minimum absolute atomic E-state index is 0.507. The summed E-state index contributed by atoms with van der Waals surface area (Å²) in [5.74, 6) is 3.81. The predicted molar refractivity (Wildman–Crippen MR) is 105 cm³/mol. The number of fused-ring (bicyclic) bond motifs is 1. The second-order valence-corrected chi connectivity index (χ2v) is 5.50. The van der Waals surface area contributed by atoms with E-state index in [4.69, 9.17) is 18.6 Å². The summed E-state index contributed by atoms with van der Waals surface area (Å²) >= 11 is 5.17. The highest BCUT2D eigenvalue weighted by Gasteiger charge is 2.06. The molecule has 0 fully saturated rings. The van der Waals surface area contributed by atoms with Gasteiger partial charge in [0.15, 0.2) is 16.6 Å². The lowest BCUT2D eigenvalue weighted by atomic mass is 10.2. The Labute approximate surface area is 151 Å². The van der Waals surface area contributed by atoms with Gasteiger partial charge in [-0.1, -0.05) is 18.1 Å². The normalized spacial score (nSPS) is 10.1. The summed E-state index contributed by atoms with van der Waals surface area (Å²) in [4.78, 5) is 13.3. The van der Waals surface area contributed by atoms with Gasteiger partial charge < -0.3 is 16.0 Å². The first-order valence-electron chi connectivity index (χ1n) is 7.71. The Morgan fingerprint density at radius 1 is 1.16 bits per heavy atom. The Hall–Kier alpha value is -3.24. The van der Waals surface area contributed by atoms with Crippen LogP contribution < -0.4 is 16.0 Å². The third-order valence-corrected chi connectivity index (χ3v) is 3.58. The number of hydrogen-bond acceptors (Lipinski definition) is 5. The van der Waals surface area contributed by atoms with E-state index < -0.39 is 0 Å². The third kappa shape index (κ3) is 4.00. The molecule has 1 aromatic carbocycles. The van der Waals surface area contributed by atoms with Crippen molar-refractivity contribution in [3.8, 4) is 12.3 Å². The Bertz CT molecular complexity index is 963. The number of benzene rings is 1. The molecule has 0 spiro atoms. The average Bonchev–Trinajstić information content (AvgIpc) is 2.62. The first-order valence-corrected chi connectivity index (χ1v) is 8.11. The molecule has 2 aromatic heterocycles. The molecule has 3 N–H and O–H groups in total. The highest BCUT2D eigenvalue weighted by Crippen LogP contribution is 2.20. The van der Waals surface area contributed by atoms with Gasteiger partial charge >= 0.3 is 0 Å². The summed E-state index contributed by atoms with van der Waals surface area (Å²) in [6, 6.07) is 11.2. The molecule has 0 aliphatic rings. The standard InChI is InChI=1S/C18H16N6S/c1-3-12-7-5-6-8-13(12)21-16-11-20-14-9-10-15(22-17(14)23-16)24-18(25)19-4-2/h1,5-11H,4H2,2H3,(H3,19,21,22,23,24,25). The van der Waals surface area contributed by atoms with Crippen LogP contribution in [0.1, 0.15) is 12.5 Å². The molecule has 25 heavy (non-hydrogen) atoms. The van der Waals surface area contributed by atoms with E-state index in [1.165, 1.54) is 0 Å². The average molecular weight is 348 g/mol. The van der Waals surface area contributed by atoms with Crippen molar-refractivity contribution in [1.82, 2.24) is 20.3 Å². The van der Waals surface area contributed by atoms with Gasteiger partial charge in [0.05, 0.1) is 11.9 Å². The molecule has 0 aliphatic carbocycles. The second-order valence-electron chi connectivity index (χ2n) is 5.09. The number of thiocarbonyl (C=S) groups is 1. The molecule has 2 heterocycles. The lowest BCUT2D eigenvalue weighted by molar-refractivity contribution is 0.978. The zero-order chi connectivity index (χ0) is 17.6. The van der Waals surface area contributed by atoms with Crippen molar-refractivity contribution in [1.29, 1.82) is 0 Å². The number of rotatable bonds is 4. The summed E-state index contributed by atoms with van der Waals surface area (Å²) in [5, 5.41) is 9.72. The molecule has 6 nitrogen and oxygen atoms in total. The van der Waals surface area contributed by atoms with Gasteiger partial charge in [0.25, 0.3) is 0 Å². The SMILES string of the molecule is C#Cc1ccccc1Nc1cnc2ccc(NC(=S)NCC)nc2n1. The fourth-order valence-corrected chi connectivity index (χ4v) is 2.45. The summed E-state index contributed by atoms with van der Waals surface area (Å²) < 4.78 is 0. The van der Waals surface area contributed by atoms with Crippen molar-refractivity contribution in [2.45, 2.75) is 6.92 Å². The Balaban J connectivity index is 1.88. The molecule has 0 saturated carbocycles. The molecule has 0 bridgehead atoms. The highest BCUT2D eigenvalue weighted by atomic mass is 32.1. The maximum Gasteiger partial charge on any atom is 0.182 e. The van der Waals surface area contributed by atoms with Crippen molar-refractivity contribution in [2.75, 3.05) is 17.2 Å². The Kier molecular flexibility index (Phi) is 5.02. The lowest BCUT2D eigenvalue weighted by Gasteiger charge is -2.10. The molecule has 0 amide bonds. The van der Waals surface area contributed by atoms with Crippen LogP contribution in [0.4, 0.5) is 17.3 Å². The Morgan fingerprint density at radius 3 is 2.76 bits per heavy atom. The smallest absolute Gasteiger partial charge is 0.182 e. The van der Waals surface area contributed by atoms with Crippen LogP contribution in [0.15, 0.2) is 42.6 Å². The fraction of sp³-hybridized carbons (Fsp3) is 0.111. The molecular formula is C18H16N6S. The van der Waals surface area contributed by atoms with Crippen molar-refractivity contribution in [2.24, 2.45) is 0 Å². The minimum atomic E-state index is 0.507. The highest BCUT2D eigenvalue weighted by molar-refractivity contribution is 7.80. The molecule has 7 heteroatoms. The van der Waals surface area contributed by atoms with E-state index in [-0.39, 0.29) is 0 Å². The van der Waals surface area contributed by atoms with Crippen LogP contribution in [0, 0.1) is 12.3 Å². The number of pyridine rings is 1. The van der Waals surface area contributed by atoms with Gasteiger partial charge in [0.2, 0.25) is 0 Å². The van der Waals surface area contributed by atoms with Crippen molar-refractivity contribution < 1.29 is 0 Å². The first kappa shape index (κ1) is 16.6. The second kappa shape index (κ2) is 7.55. The van der Waals surface area contributed by atoms with E-state index in [2.05, 4.69) is 36.8 Å². The van der Waals surface area contributed by atoms with Crippen LogP contribution in [0.25, 0.3) is 11.2 Å². The predicted octanol–water partition coefficient (Wildman–Crippen LogP) is 3.06. The molecule has 0 saturated heterocycles. The van der Waals surface area contributed by atoms with Gasteiger partial charge in [-0.2, -0.15) is 0 Å². The van der Waals surface area contributed by atoms with Crippen LogP contribution in [0.3, 0.4) is 0 Å². The third-order valence-electron chi connectivity index (χ3n) is 3.33. The van der Waals surface area contributed by atoms with E-state index in [1.807, 2.05) is 37.3 Å². The summed E-state index contributed by atoms with van der Waals surface area (Å²) in [6.45, 7) is 2.71. The number of aromatic nitrogens is 3. The van der Waals surface area contributed by atoms with Crippen molar-refractivity contribution in [3.63, 3.8) is 0 Å². The number of anilines is 3. The van der Waals surface area contributed by atoms with Crippen LogP contribution in [0.2, 0.25) is 0 Å². The summed E-state index contributed by atoms with van der Waals surface area (Å²) in [7, 11) is 0.